The van der Waals surface area contributed by atoms with Crippen LogP contribution in [0.2, 0.25) is 0 Å². The van der Waals surface area contributed by atoms with Crippen molar-refractivity contribution < 1.29 is 23.9 Å². The number of ketones is 1. The van der Waals surface area contributed by atoms with Crippen LogP contribution in [-0.2, 0) is 4.79 Å². The van der Waals surface area contributed by atoms with Crippen molar-refractivity contribution in [3.05, 3.63) is 143 Å². The second-order valence-electron chi connectivity index (χ2n) is 9.67. The number of ether oxygens (including phenoxy) is 2. The molecule has 198 valence electrons. The maximum absolute atomic E-state index is 13.0. The van der Waals surface area contributed by atoms with E-state index in [4.69, 9.17) is 9.47 Å². The average Bonchev–Trinajstić information content (AvgIpc) is 2.99. The molecule has 4 aromatic carbocycles. The molecule has 0 amide bonds. The van der Waals surface area contributed by atoms with E-state index in [2.05, 4.69) is 6.92 Å². The number of hydrogen-bond acceptors (Lipinski definition) is 5. The maximum Gasteiger partial charge on any atom is 0.343 e. The fourth-order valence-electron chi connectivity index (χ4n) is 4.54. The second kappa shape index (κ2) is 12.2. The summed E-state index contributed by atoms with van der Waals surface area (Å²) >= 11 is 0. The normalized spacial score (nSPS) is 17.0. The van der Waals surface area contributed by atoms with Gasteiger partial charge >= 0.3 is 11.9 Å². The number of benzene rings is 4. The summed E-state index contributed by atoms with van der Waals surface area (Å²) in [5.41, 5.74) is 4.35. The monoisotopic (exact) mass is 528 g/mol. The highest BCUT2D eigenvalue weighted by molar-refractivity contribution is 6.06. The van der Waals surface area contributed by atoms with Gasteiger partial charge in [-0.3, -0.25) is 4.79 Å². The molecule has 4 aromatic rings. The van der Waals surface area contributed by atoms with Crippen molar-refractivity contribution in [1.29, 1.82) is 0 Å². The third kappa shape index (κ3) is 6.51. The highest BCUT2D eigenvalue weighted by Crippen LogP contribution is 2.34. The first kappa shape index (κ1) is 26.6. The molecule has 1 fully saturated rings. The largest absolute Gasteiger partial charge is 0.423 e. The molecule has 1 unspecified atom stereocenters. The molecule has 0 aliphatic heterocycles. The standard InChI is InChI=1S/C35H28O5/c1-24-12-21-33(36)32(23-26-15-19-30(20-16-26)40-35(38)28-10-6-3-7-11-28)31(24)22-25-13-17-29(18-14-25)39-34(37)27-8-4-2-5-9-27/h2-11,13-20,22-24H,12,21H2,1H3. The number of rotatable bonds is 6. The van der Waals surface area contributed by atoms with E-state index in [9.17, 15) is 14.4 Å². The molecule has 0 saturated heterocycles. The lowest BCUT2D eigenvalue weighted by Crippen LogP contribution is -2.18. The minimum absolute atomic E-state index is 0.0948. The van der Waals surface area contributed by atoms with Gasteiger partial charge in [0.1, 0.15) is 11.5 Å². The molecule has 5 nitrogen and oxygen atoms in total. The highest BCUT2D eigenvalue weighted by atomic mass is 16.5. The van der Waals surface area contributed by atoms with Crippen LogP contribution in [0.3, 0.4) is 0 Å². The van der Waals surface area contributed by atoms with Gasteiger partial charge < -0.3 is 9.47 Å². The quantitative estimate of drug-likeness (QED) is 0.146. The zero-order valence-corrected chi connectivity index (χ0v) is 22.1. The maximum atomic E-state index is 13.0. The van der Waals surface area contributed by atoms with Gasteiger partial charge in [0.05, 0.1) is 11.1 Å². The van der Waals surface area contributed by atoms with Crippen LogP contribution in [-0.4, -0.2) is 17.7 Å². The van der Waals surface area contributed by atoms with Gasteiger partial charge in [-0.05, 0) is 83.6 Å². The lowest BCUT2D eigenvalue weighted by atomic mass is 9.79. The van der Waals surface area contributed by atoms with E-state index in [0.717, 1.165) is 23.1 Å². The van der Waals surface area contributed by atoms with Gasteiger partial charge in [0.15, 0.2) is 5.78 Å². The van der Waals surface area contributed by atoms with Crippen molar-refractivity contribution in [2.75, 3.05) is 0 Å². The number of Topliss-reactive ketones (excluding diaryl/α,β-unsaturated/α-hetero) is 1. The van der Waals surface area contributed by atoms with Crippen LogP contribution in [0.1, 0.15) is 51.6 Å². The Kier molecular flexibility index (Phi) is 8.12. The summed E-state index contributed by atoms with van der Waals surface area (Å²) in [4.78, 5) is 37.7. The van der Waals surface area contributed by atoms with Crippen LogP contribution in [0.15, 0.2) is 120 Å². The molecular formula is C35H28O5. The molecular weight excluding hydrogens is 500 g/mol. The van der Waals surface area contributed by atoms with E-state index < -0.39 is 11.9 Å². The molecule has 0 N–H and O–H groups in total. The third-order valence-electron chi connectivity index (χ3n) is 6.78. The minimum atomic E-state index is -0.422. The molecule has 1 saturated carbocycles. The first-order chi connectivity index (χ1) is 19.5. The first-order valence-electron chi connectivity index (χ1n) is 13.2. The number of hydrogen-bond donors (Lipinski definition) is 0. The Morgan fingerprint density at radius 1 is 0.650 bits per heavy atom. The SMILES string of the molecule is CC1CCC(=O)C(=Cc2ccc(OC(=O)c3ccccc3)cc2)C1=Cc1ccc(OC(=O)c2ccccc2)cc1. The Morgan fingerprint density at radius 3 is 1.57 bits per heavy atom. The Bertz CT molecular complexity index is 1560. The van der Waals surface area contributed by atoms with Crippen molar-refractivity contribution in [1.82, 2.24) is 0 Å². The Balaban J connectivity index is 1.33. The van der Waals surface area contributed by atoms with E-state index in [0.29, 0.717) is 34.6 Å². The van der Waals surface area contributed by atoms with E-state index in [1.807, 2.05) is 48.6 Å². The highest BCUT2D eigenvalue weighted by Gasteiger charge is 2.25. The predicted octanol–water partition coefficient (Wildman–Crippen LogP) is 7.59. The molecule has 40 heavy (non-hydrogen) atoms. The second-order valence-corrected chi connectivity index (χ2v) is 9.67. The Hall–Kier alpha value is -5.03. The molecule has 5 heteroatoms. The van der Waals surface area contributed by atoms with Gasteiger partial charge in [0.2, 0.25) is 0 Å². The van der Waals surface area contributed by atoms with Gasteiger partial charge in [-0.25, -0.2) is 9.59 Å². The first-order valence-corrected chi connectivity index (χ1v) is 13.2. The molecule has 1 aliphatic rings. The van der Waals surface area contributed by atoms with Gasteiger partial charge in [0.25, 0.3) is 0 Å². The minimum Gasteiger partial charge on any atom is -0.423 e. The van der Waals surface area contributed by atoms with Gasteiger partial charge in [-0.15, -0.1) is 0 Å². The number of carbonyl (C=O) groups excluding carboxylic acids is 3. The van der Waals surface area contributed by atoms with Crippen molar-refractivity contribution in [3.63, 3.8) is 0 Å². The van der Waals surface area contributed by atoms with Crippen LogP contribution in [0.25, 0.3) is 12.2 Å². The van der Waals surface area contributed by atoms with E-state index in [-0.39, 0.29) is 11.7 Å². The lowest BCUT2D eigenvalue weighted by Gasteiger charge is -2.24. The fraction of sp³-hybridized carbons (Fsp3) is 0.114. The van der Waals surface area contributed by atoms with Gasteiger partial charge in [-0.1, -0.05) is 73.7 Å². The van der Waals surface area contributed by atoms with E-state index in [1.54, 1.807) is 72.8 Å². The zero-order chi connectivity index (χ0) is 27.9. The van der Waals surface area contributed by atoms with Gasteiger partial charge in [-0.2, -0.15) is 0 Å². The van der Waals surface area contributed by atoms with E-state index >= 15 is 0 Å². The summed E-state index contributed by atoms with van der Waals surface area (Å²) < 4.78 is 11.0. The van der Waals surface area contributed by atoms with Crippen LogP contribution >= 0.6 is 0 Å². The number of allylic oxidation sites excluding steroid dienone is 2. The van der Waals surface area contributed by atoms with Crippen LogP contribution in [0, 0.1) is 5.92 Å². The molecule has 1 aliphatic carbocycles. The number of esters is 2. The molecule has 0 spiro atoms. The predicted molar refractivity (Wildman–Crippen MR) is 155 cm³/mol. The van der Waals surface area contributed by atoms with Crippen molar-refractivity contribution in [2.45, 2.75) is 19.8 Å². The topological polar surface area (TPSA) is 69.7 Å². The number of carbonyl (C=O) groups is 3. The molecule has 1 atom stereocenters. The summed E-state index contributed by atoms with van der Waals surface area (Å²) in [7, 11) is 0. The summed E-state index contributed by atoms with van der Waals surface area (Å²) in [5, 5.41) is 0. The van der Waals surface area contributed by atoms with Crippen molar-refractivity contribution in [2.24, 2.45) is 5.92 Å². The zero-order valence-electron chi connectivity index (χ0n) is 22.1. The van der Waals surface area contributed by atoms with Crippen LogP contribution < -0.4 is 9.47 Å². The molecule has 0 radical (unpaired) electrons. The summed E-state index contributed by atoms with van der Waals surface area (Å²) in [5.74, 6) is 0.345. The van der Waals surface area contributed by atoms with Crippen LogP contribution in [0.5, 0.6) is 11.5 Å². The molecule has 0 heterocycles. The molecule has 0 bridgehead atoms. The van der Waals surface area contributed by atoms with Crippen molar-refractivity contribution >= 4 is 29.9 Å². The van der Waals surface area contributed by atoms with E-state index in [1.165, 1.54) is 0 Å². The summed E-state index contributed by atoms with van der Waals surface area (Å²) in [6.07, 6.45) is 5.18. The summed E-state index contributed by atoms with van der Waals surface area (Å²) in [6.45, 7) is 2.12. The summed E-state index contributed by atoms with van der Waals surface area (Å²) in [6, 6.07) is 32.0. The smallest absolute Gasteiger partial charge is 0.343 e. The average molecular weight is 529 g/mol. The third-order valence-corrected chi connectivity index (χ3v) is 6.78. The van der Waals surface area contributed by atoms with Crippen LogP contribution in [0.4, 0.5) is 0 Å². The Labute approximate surface area is 233 Å². The lowest BCUT2D eigenvalue weighted by molar-refractivity contribution is -0.116. The van der Waals surface area contributed by atoms with Gasteiger partial charge in [0, 0.05) is 12.0 Å². The van der Waals surface area contributed by atoms with Crippen molar-refractivity contribution in [3.8, 4) is 11.5 Å². The molecule has 0 aromatic heterocycles. The Morgan fingerprint density at radius 2 is 1.10 bits per heavy atom. The molecule has 5 rings (SSSR count). The fourth-order valence-corrected chi connectivity index (χ4v) is 4.54.